The molecule has 0 bridgehead atoms. The summed E-state index contributed by atoms with van der Waals surface area (Å²) in [6, 6.07) is 5.58. The van der Waals surface area contributed by atoms with Gasteiger partial charge in [-0.05, 0) is 12.1 Å². The number of oxime groups is 1. The van der Waals surface area contributed by atoms with Crippen molar-refractivity contribution in [3.8, 4) is 0 Å². The summed E-state index contributed by atoms with van der Waals surface area (Å²) < 4.78 is 0. The normalized spacial score (nSPS) is 11.4. The van der Waals surface area contributed by atoms with Crippen molar-refractivity contribution >= 4 is 5.71 Å². The van der Waals surface area contributed by atoms with Crippen molar-refractivity contribution in [2.45, 2.75) is 6.42 Å². The van der Waals surface area contributed by atoms with Crippen LogP contribution in [0.4, 0.5) is 0 Å². The second kappa shape index (κ2) is 4.97. The maximum atomic E-state index is 8.93. The molecule has 0 fully saturated rings. The highest BCUT2D eigenvalue weighted by molar-refractivity contribution is 5.99. The van der Waals surface area contributed by atoms with E-state index in [-0.39, 0.29) is 0 Å². The quantitative estimate of drug-likeness (QED) is 0.475. The minimum Gasteiger partial charge on any atom is -0.411 e. The summed E-state index contributed by atoms with van der Waals surface area (Å²) >= 11 is 0. The molecule has 0 atom stereocenters. The first-order chi connectivity index (χ1) is 7.90. The van der Waals surface area contributed by atoms with E-state index in [1.807, 2.05) is 18.2 Å². The standard InChI is InChI=1S/C11H10N4O/c16-15-10(11-8-12-5-6-14-11)7-9-3-1-2-4-13-9/h1-6,8,16H,7H2/b15-10-. The lowest BCUT2D eigenvalue weighted by Gasteiger charge is -2.02. The second-order valence-electron chi connectivity index (χ2n) is 3.14. The van der Waals surface area contributed by atoms with E-state index in [2.05, 4.69) is 20.1 Å². The van der Waals surface area contributed by atoms with Gasteiger partial charge in [0.05, 0.1) is 6.20 Å². The van der Waals surface area contributed by atoms with Crippen LogP contribution in [0, 0.1) is 0 Å². The summed E-state index contributed by atoms with van der Waals surface area (Å²) in [7, 11) is 0. The van der Waals surface area contributed by atoms with Crippen molar-refractivity contribution in [2.24, 2.45) is 5.16 Å². The molecule has 80 valence electrons. The first-order valence-corrected chi connectivity index (χ1v) is 4.77. The monoisotopic (exact) mass is 214 g/mol. The predicted molar refractivity (Wildman–Crippen MR) is 58.3 cm³/mol. The van der Waals surface area contributed by atoms with Gasteiger partial charge in [0, 0.05) is 30.7 Å². The molecule has 16 heavy (non-hydrogen) atoms. The van der Waals surface area contributed by atoms with E-state index in [4.69, 9.17) is 5.21 Å². The fourth-order valence-electron chi connectivity index (χ4n) is 1.30. The van der Waals surface area contributed by atoms with E-state index < -0.39 is 0 Å². The lowest BCUT2D eigenvalue weighted by molar-refractivity contribution is 0.318. The average Bonchev–Trinajstić information content (AvgIpc) is 2.38. The first-order valence-electron chi connectivity index (χ1n) is 4.77. The molecular formula is C11H10N4O. The molecular weight excluding hydrogens is 204 g/mol. The van der Waals surface area contributed by atoms with Gasteiger partial charge < -0.3 is 5.21 Å². The summed E-state index contributed by atoms with van der Waals surface area (Å²) in [5, 5.41) is 12.2. The van der Waals surface area contributed by atoms with E-state index in [0.717, 1.165) is 5.69 Å². The lowest BCUT2D eigenvalue weighted by Crippen LogP contribution is -2.09. The summed E-state index contributed by atoms with van der Waals surface area (Å²) in [6.45, 7) is 0. The number of aromatic nitrogens is 3. The van der Waals surface area contributed by atoms with Gasteiger partial charge >= 0.3 is 0 Å². The van der Waals surface area contributed by atoms with Crippen LogP contribution >= 0.6 is 0 Å². The van der Waals surface area contributed by atoms with E-state index in [1.165, 1.54) is 0 Å². The minimum atomic E-state index is 0.427. The molecule has 0 aliphatic heterocycles. The van der Waals surface area contributed by atoms with Crippen LogP contribution in [0.2, 0.25) is 0 Å². The van der Waals surface area contributed by atoms with Crippen LogP contribution in [0.3, 0.4) is 0 Å². The van der Waals surface area contributed by atoms with Gasteiger partial charge in [-0.3, -0.25) is 15.0 Å². The zero-order valence-corrected chi connectivity index (χ0v) is 8.48. The SMILES string of the molecule is O/N=C(/Cc1ccccn1)c1cnccn1. The van der Waals surface area contributed by atoms with Crippen molar-refractivity contribution in [2.75, 3.05) is 0 Å². The third-order valence-electron chi connectivity index (χ3n) is 2.05. The van der Waals surface area contributed by atoms with Gasteiger partial charge in [-0.1, -0.05) is 11.2 Å². The van der Waals surface area contributed by atoms with Gasteiger partial charge in [-0.2, -0.15) is 0 Å². The third kappa shape index (κ3) is 2.38. The largest absolute Gasteiger partial charge is 0.411 e. The Hall–Kier alpha value is -2.30. The number of hydrogen-bond acceptors (Lipinski definition) is 5. The van der Waals surface area contributed by atoms with Crippen LogP contribution < -0.4 is 0 Å². The maximum absolute atomic E-state index is 8.93. The van der Waals surface area contributed by atoms with Crippen molar-refractivity contribution in [1.29, 1.82) is 0 Å². The van der Waals surface area contributed by atoms with Crippen molar-refractivity contribution in [1.82, 2.24) is 15.0 Å². The first kappa shape index (κ1) is 10.2. The highest BCUT2D eigenvalue weighted by Crippen LogP contribution is 2.02. The maximum Gasteiger partial charge on any atom is 0.113 e. The molecule has 0 radical (unpaired) electrons. The molecule has 0 unspecified atom stereocenters. The van der Waals surface area contributed by atoms with Crippen molar-refractivity contribution < 1.29 is 5.21 Å². The number of pyridine rings is 1. The highest BCUT2D eigenvalue weighted by atomic mass is 16.4. The third-order valence-corrected chi connectivity index (χ3v) is 2.05. The van der Waals surface area contributed by atoms with Crippen LogP contribution in [-0.2, 0) is 6.42 Å². The Balaban J connectivity index is 2.20. The Bertz CT molecular complexity index is 470. The van der Waals surface area contributed by atoms with E-state index in [1.54, 1.807) is 24.8 Å². The average molecular weight is 214 g/mol. The molecule has 2 aromatic rings. The molecule has 0 spiro atoms. The number of rotatable bonds is 3. The van der Waals surface area contributed by atoms with Crippen LogP contribution in [0.15, 0.2) is 48.1 Å². The predicted octanol–water partition coefficient (Wildman–Crippen LogP) is 1.29. The van der Waals surface area contributed by atoms with E-state index in [9.17, 15) is 0 Å². The topological polar surface area (TPSA) is 71.3 Å². The molecule has 0 saturated heterocycles. The van der Waals surface area contributed by atoms with E-state index >= 15 is 0 Å². The Kier molecular flexibility index (Phi) is 3.18. The van der Waals surface area contributed by atoms with Crippen LogP contribution in [-0.4, -0.2) is 25.9 Å². The van der Waals surface area contributed by atoms with Gasteiger partial charge in [0.1, 0.15) is 11.4 Å². The molecule has 0 aliphatic rings. The number of hydrogen-bond donors (Lipinski definition) is 1. The lowest BCUT2D eigenvalue weighted by atomic mass is 10.1. The van der Waals surface area contributed by atoms with Gasteiger partial charge in [-0.25, -0.2) is 0 Å². The second-order valence-corrected chi connectivity index (χ2v) is 3.14. The molecule has 0 amide bonds. The van der Waals surface area contributed by atoms with E-state index in [0.29, 0.717) is 17.8 Å². The number of nitrogens with zero attached hydrogens (tertiary/aromatic N) is 4. The molecule has 2 aromatic heterocycles. The molecule has 5 heteroatoms. The zero-order chi connectivity index (χ0) is 11.2. The molecule has 1 N–H and O–H groups in total. The van der Waals surface area contributed by atoms with Gasteiger partial charge in [0.15, 0.2) is 0 Å². The van der Waals surface area contributed by atoms with Crippen LogP contribution in [0.25, 0.3) is 0 Å². The summed E-state index contributed by atoms with van der Waals surface area (Å²) in [5.41, 5.74) is 1.82. The molecule has 0 aliphatic carbocycles. The minimum absolute atomic E-state index is 0.427. The summed E-state index contributed by atoms with van der Waals surface area (Å²) in [4.78, 5) is 12.1. The summed E-state index contributed by atoms with van der Waals surface area (Å²) in [5.74, 6) is 0. The Morgan fingerprint density at radius 2 is 2.12 bits per heavy atom. The zero-order valence-electron chi connectivity index (χ0n) is 8.48. The Morgan fingerprint density at radius 1 is 1.19 bits per heavy atom. The molecule has 0 saturated carbocycles. The Morgan fingerprint density at radius 3 is 2.75 bits per heavy atom. The van der Waals surface area contributed by atoms with Crippen LogP contribution in [0.1, 0.15) is 11.4 Å². The van der Waals surface area contributed by atoms with Gasteiger partial charge in [-0.15, -0.1) is 0 Å². The molecule has 0 aromatic carbocycles. The van der Waals surface area contributed by atoms with Gasteiger partial charge in [0.25, 0.3) is 0 Å². The van der Waals surface area contributed by atoms with Gasteiger partial charge in [0.2, 0.25) is 0 Å². The molecule has 2 heterocycles. The molecule has 2 rings (SSSR count). The Labute approximate surface area is 92.5 Å². The highest BCUT2D eigenvalue weighted by Gasteiger charge is 2.07. The smallest absolute Gasteiger partial charge is 0.113 e. The van der Waals surface area contributed by atoms with Crippen molar-refractivity contribution in [3.05, 3.63) is 54.4 Å². The van der Waals surface area contributed by atoms with Crippen molar-refractivity contribution in [3.63, 3.8) is 0 Å². The fraction of sp³-hybridized carbons (Fsp3) is 0.0909. The molecule has 5 nitrogen and oxygen atoms in total. The van der Waals surface area contributed by atoms with Crippen LogP contribution in [0.5, 0.6) is 0 Å². The fourth-order valence-corrected chi connectivity index (χ4v) is 1.30. The summed E-state index contributed by atoms with van der Waals surface area (Å²) in [6.07, 6.45) is 6.80.